The number of rotatable bonds is 7. The number of carbonyl (C=O) groups is 4. The molecule has 3 amide bonds. The number of carbonyl (C=O) groups excluding carboxylic acids is 4. The molecule has 8 nitrogen and oxygen atoms in total. The van der Waals surface area contributed by atoms with E-state index in [0.717, 1.165) is 32.5 Å². The van der Waals surface area contributed by atoms with Crippen LogP contribution < -0.4 is 4.74 Å². The normalized spacial score (nSPS) is 13.5. The topological polar surface area (TPSA) is 93.2 Å². The Morgan fingerprint density at radius 1 is 0.943 bits per heavy atom. The van der Waals surface area contributed by atoms with E-state index in [1.165, 1.54) is 11.8 Å². The molecule has 1 aliphatic heterocycles. The van der Waals surface area contributed by atoms with Crippen molar-refractivity contribution in [2.24, 2.45) is 0 Å². The second-order valence-electron chi connectivity index (χ2n) is 8.61. The molecule has 3 aromatic carbocycles. The standard InChI is InChI=1S/C27H26N2O6/c1-16-5-10-22-23(11-16)26(32)29(25(22)31)17(2)27(33)35-15-24(30)28(3)14-18-6-7-20-13-21(34-4)9-8-19(20)12-18/h5-13,17H,14-15H2,1-4H3. The average molecular weight is 475 g/mol. The van der Waals surface area contributed by atoms with E-state index in [4.69, 9.17) is 9.47 Å². The number of ether oxygens (including phenoxy) is 2. The molecule has 1 aliphatic rings. The van der Waals surface area contributed by atoms with Crippen LogP contribution in [0.15, 0.2) is 54.6 Å². The van der Waals surface area contributed by atoms with Crippen LogP contribution in [0.2, 0.25) is 0 Å². The molecule has 180 valence electrons. The van der Waals surface area contributed by atoms with Crippen LogP contribution in [-0.2, 0) is 20.9 Å². The average Bonchev–Trinajstić information content (AvgIpc) is 3.10. The van der Waals surface area contributed by atoms with E-state index in [1.807, 2.05) is 43.3 Å². The van der Waals surface area contributed by atoms with Gasteiger partial charge >= 0.3 is 5.97 Å². The third-order valence-corrected chi connectivity index (χ3v) is 6.10. The zero-order chi connectivity index (χ0) is 25.3. The van der Waals surface area contributed by atoms with E-state index in [2.05, 4.69) is 0 Å². The van der Waals surface area contributed by atoms with Gasteiger partial charge in [0.15, 0.2) is 6.61 Å². The summed E-state index contributed by atoms with van der Waals surface area (Å²) in [5.41, 5.74) is 2.27. The second kappa shape index (κ2) is 9.58. The molecule has 0 saturated heterocycles. The molecule has 0 aliphatic carbocycles. The van der Waals surface area contributed by atoms with Gasteiger partial charge in [0, 0.05) is 13.6 Å². The summed E-state index contributed by atoms with van der Waals surface area (Å²) in [6, 6.07) is 15.4. The number of esters is 1. The van der Waals surface area contributed by atoms with Gasteiger partial charge in [0.2, 0.25) is 0 Å². The first kappa shape index (κ1) is 23.9. The highest BCUT2D eigenvalue weighted by Gasteiger charge is 2.41. The number of aryl methyl sites for hydroxylation is 1. The number of likely N-dealkylation sites (N-methyl/N-ethyl adjacent to an activating group) is 1. The van der Waals surface area contributed by atoms with Gasteiger partial charge in [0.05, 0.1) is 18.2 Å². The van der Waals surface area contributed by atoms with Crippen molar-refractivity contribution in [3.8, 4) is 5.75 Å². The van der Waals surface area contributed by atoms with E-state index in [0.29, 0.717) is 6.54 Å². The monoisotopic (exact) mass is 474 g/mol. The Balaban J connectivity index is 1.35. The van der Waals surface area contributed by atoms with Gasteiger partial charge in [-0.3, -0.25) is 19.3 Å². The number of methoxy groups -OCH3 is 1. The first-order chi connectivity index (χ1) is 16.7. The van der Waals surface area contributed by atoms with Crippen LogP contribution in [0.4, 0.5) is 0 Å². The van der Waals surface area contributed by atoms with Crippen molar-refractivity contribution in [3.63, 3.8) is 0 Å². The SMILES string of the molecule is COc1ccc2cc(CN(C)C(=O)COC(=O)C(C)N3C(=O)c4ccc(C)cc4C3=O)ccc2c1. The number of hydrogen-bond donors (Lipinski definition) is 0. The van der Waals surface area contributed by atoms with Crippen LogP contribution in [0.3, 0.4) is 0 Å². The van der Waals surface area contributed by atoms with Crippen molar-refractivity contribution in [2.75, 3.05) is 20.8 Å². The third-order valence-electron chi connectivity index (χ3n) is 6.10. The van der Waals surface area contributed by atoms with Crippen LogP contribution in [-0.4, -0.2) is 60.3 Å². The minimum Gasteiger partial charge on any atom is -0.497 e. The summed E-state index contributed by atoms with van der Waals surface area (Å²) in [6.45, 7) is 3.06. The Morgan fingerprint density at radius 3 is 2.37 bits per heavy atom. The number of imide groups is 1. The molecule has 35 heavy (non-hydrogen) atoms. The molecule has 0 saturated carbocycles. The summed E-state index contributed by atoms with van der Waals surface area (Å²) in [5.74, 6) is -1.55. The van der Waals surface area contributed by atoms with Gasteiger partial charge in [-0.05, 0) is 60.5 Å². The van der Waals surface area contributed by atoms with Crippen molar-refractivity contribution >= 4 is 34.5 Å². The van der Waals surface area contributed by atoms with Gasteiger partial charge in [-0.25, -0.2) is 4.79 Å². The molecular formula is C27H26N2O6. The molecule has 0 radical (unpaired) electrons. The van der Waals surface area contributed by atoms with Gasteiger partial charge in [-0.1, -0.05) is 29.8 Å². The smallest absolute Gasteiger partial charge is 0.329 e. The van der Waals surface area contributed by atoms with Crippen molar-refractivity contribution in [3.05, 3.63) is 76.9 Å². The van der Waals surface area contributed by atoms with Crippen molar-refractivity contribution in [1.82, 2.24) is 9.80 Å². The Hall–Kier alpha value is -4.20. The predicted molar refractivity (Wildman–Crippen MR) is 129 cm³/mol. The molecule has 0 bridgehead atoms. The second-order valence-corrected chi connectivity index (χ2v) is 8.61. The number of hydrogen-bond acceptors (Lipinski definition) is 6. The molecule has 0 N–H and O–H groups in total. The predicted octanol–water partition coefficient (Wildman–Crippen LogP) is 3.34. The van der Waals surface area contributed by atoms with Crippen LogP contribution >= 0.6 is 0 Å². The maximum Gasteiger partial charge on any atom is 0.329 e. The molecule has 1 heterocycles. The quantitative estimate of drug-likeness (QED) is 0.385. The summed E-state index contributed by atoms with van der Waals surface area (Å²) < 4.78 is 10.4. The fourth-order valence-electron chi connectivity index (χ4n) is 4.05. The Labute approximate surface area is 203 Å². The molecular weight excluding hydrogens is 448 g/mol. The van der Waals surface area contributed by atoms with Crippen molar-refractivity contribution in [1.29, 1.82) is 0 Å². The van der Waals surface area contributed by atoms with Crippen LogP contribution in [0, 0.1) is 6.92 Å². The van der Waals surface area contributed by atoms with Crippen LogP contribution in [0.5, 0.6) is 5.75 Å². The number of benzene rings is 3. The molecule has 3 aromatic rings. The van der Waals surface area contributed by atoms with Crippen LogP contribution in [0.25, 0.3) is 10.8 Å². The maximum atomic E-state index is 12.7. The highest BCUT2D eigenvalue weighted by molar-refractivity contribution is 6.22. The van der Waals surface area contributed by atoms with Gasteiger partial charge in [0.1, 0.15) is 11.8 Å². The molecule has 1 atom stereocenters. The molecule has 8 heteroatoms. The highest BCUT2D eigenvalue weighted by atomic mass is 16.5. The zero-order valence-corrected chi connectivity index (χ0v) is 20.0. The lowest BCUT2D eigenvalue weighted by Gasteiger charge is -2.22. The van der Waals surface area contributed by atoms with Gasteiger partial charge in [0.25, 0.3) is 17.7 Å². The molecule has 0 spiro atoms. The molecule has 0 aromatic heterocycles. The fourth-order valence-corrected chi connectivity index (χ4v) is 4.05. The van der Waals surface area contributed by atoms with E-state index < -0.39 is 36.3 Å². The lowest BCUT2D eigenvalue weighted by Crippen LogP contribution is -2.44. The summed E-state index contributed by atoms with van der Waals surface area (Å²) in [4.78, 5) is 52.8. The van der Waals surface area contributed by atoms with E-state index in [-0.39, 0.29) is 11.1 Å². The van der Waals surface area contributed by atoms with Crippen LogP contribution in [0.1, 0.15) is 38.8 Å². The van der Waals surface area contributed by atoms with E-state index in [1.54, 1.807) is 32.4 Å². The minimum absolute atomic E-state index is 0.255. The van der Waals surface area contributed by atoms with Crippen molar-refractivity contribution in [2.45, 2.75) is 26.4 Å². The Kier molecular flexibility index (Phi) is 6.55. The number of fused-ring (bicyclic) bond motifs is 2. The largest absolute Gasteiger partial charge is 0.497 e. The summed E-state index contributed by atoms with van der Waals surface area (Å²) >= 11 is 0. The minimum atomic E-state index is -1.15. The number of amides is 3. The zero-order valence-electron chi connectivity index (χ0n) is 20.0. The van der Waals surface area contributed by atoms with E-state index >= 15 is 0 Å². The molecule has 1 unspecified atom stereocenters. The lowest BCUT2D eigenvalue weighted by molar-refractivity contribution is -0.154. The first-order valence-corrected chi connectivity index (χ1v) is 11.2. The van der Waals surface area contributed by atoms with Gasteiger partial charge in [-0.15, -0.1) is 0 Å². The summed E-state index contributed by atoms with van der Waals surface area (Å²) in [5, 5.41) is 2.04. The van der Waals surface area contributed by atoms with Gasteiger partial charge < -0.3 is 14.4 Å². The lowest BCUT2D eigenvalue weighted by atomic mass is 10.1. The molecule has 0 fully saturated rings. The summed E-state index contributed by atoms with van der Waals surface area (Å²) in [6.07, 6.45) is 0. The van der Waals surface area contributed by atoms with E-state index in [9.17, 15) is 19.2 Å². The fraction of sp³-hybridized carbons (Fsp3) is 0.259. The van der Waals surface area contributed by atoms with Gasteiger partial charge in [-0.2, -0.15) is 0 Å². The highest BCUT2D eigenvalue weighted by Crippen LogP contribution is 2.26. The third kappa shape index (κ3) is 4.73. The Bertz CT molecular complexity index is 1350. The van der Waals surface area contributed by atoms with Crippen molar-refractivity contribution < 1.29 is 28.7 Å². The summed E-state index contributed by atoms with van der Waals surface area (Å²) in [7, 11) is 3.23. The first-order valence-electron chi connectivity index (χ1n) is 11.2. The maximum absolute atomic E-state index is 12.7. The number of nitrogens with zero attached hydrogens (tertiary/aromatic N) is 2. The Morgan fingerprint density at radius 2 is 1.63 bits per heavy atom. The molecule has 4 rings (SSSR count).